The number of amides is 2. The van der Waals surface area contributed by atoms with Crippen LogP contribution in [-0.4, -0.2) is 46.5 Å². The lowest BCUT2D eigenvalue weighted by molar-refractivity contribution is -0.136. The zero-order valence-electron chi connectivity index (χ0n) is 17.0. The first kappa shape index (κ1) is 19.5. The number of methoxy groups -OCH3 is 1. The summed E-state index contributed by atoms with van der Waals surface area (Å²) in [6.45, 7) is 1.34. The summed E-state index contributed by atoms with van der Waals surface area (Å²) in [5, 5.41) is 3.20. The third-order valence-corrected chi connectivity index (χ3v) is 5.96. The third kappa shape index (κ3) is 4.28. The largest absolute Gasteiger partial charge is 0.497 e. The van der Waals surface area contributed by atoms with Gasteiger partial charge in [0.2, 0.25) is 11.8 Å². The molecule has 7 heteroatoms. The van der Waals surface area contributed by atoms with Crippen molar-refractivity contribution in [2.45, 2.75) is 31.7 Å². The molecule has 0 radical (unpaired) electrons. The van der Waals surface area contributed by atoms with Crippen molar-refractivity contribution in [2.24, 2.45) is 18.9 Å². The molecule has 2 aliphatic rings. The summed E-state index contributed by atoms with van der Waals surface area (Å²) in [4.78, 5) is 31.7. The quantitative estimate of drug-likeness (QED) is 0.813. The molecular weight excluding hydrogens is 368 g/mol. The Morgan fingerprint density at radius 3 is 2.34 bits per heavy atom. The first-order chi connectivity index (χ1) is 14.1. The average molecular weight is 396 g/mol. The summed E-state index contributed by atoms with van der Waals surface area (Å²) in [6, 6.07) is 7.35. The number of aromatic nitrogens is 2. The Morgan fingerprint density at radius 2 is 1.79 bits per heavy atom. The second kappa shape index (κ2) is 8.27. The second-order valence-electron chi connectivity index (χ2n) is 7.98. The van der Waals surface area contributed by atoms with Crippen molar-refractivity contribution in [3.63, 3.8) is 0 Å². The van der Waals surface area contributed by atoms with Crippen LogP contribution in [0.15, 0.2) is 36.7 Å². The van der Waals surface area contributed by atoms with E-state index in [1.165, 1.54) is 0 Å². The van der Waals surface area contributed by atoms with Crippen LogP contribution >= 0.6 is 0 Å². The van der Waals surface area contributed by atoms with Crippen molar-refractivity contribution in [1.29, 1.82) is 0 Å². The molecule has 1 saturated carbocycles. The minimum absolute atomic E-state index is 0.0207. The molecule has 1 aromatic carbocycles. The maximum absolute atomic E-state index is 13.1. The summed E-state index contributed by atoms with van der Waals surface area (Å²) in [5.74, 6) is 2.00. The van der Waals surface area contributed by atoms with Crippen molar-refractivity contribution in [1.82, 2.24) is 19.8 Å². The number of ether oxygens (including phenoxy) is 1. The van der Waals surface area contributed by atoms with Crippen LogP contribution < -0.4 is 10.1 Å². The van der Waals surface area contributed by atoms with E-state index in [2.05, 4.69) is 10.3 Å². The van der Waals surface area contributed by atoms with E-state index in [1.54, 1.807) is 13.3 Å². The lowest BCUT2D eigenvalue weighted by Crippen LogP contribution is -2.44. The molecule has 154 valence electrons. The zero-order valence-corrected chi connectivity index (χ0v) is 17.0. The first-order valence-corrected chi connectivity index (χ1v) is 10.3. The molecule has 4 rings (SSSR count). The highest BCUT2D eigenvalue weighted by atomic mass is 16.5. The molecule has 1 aliphatic heterocycles. The SMILES string of the molecule is COc1ccc([C@H](NC(=O)C2CCN(C(=O)C3CC3)CC2)c2nccn2C)cc1. The van der Waals surface area contributed by atoms with Crippen LogP contribution in [0.4, 0.5) is 0 Å². The van der Waals surface area contributed by atoms with Gasteiger partial charge in [-0.1, -0.05) is 12.1 Å². The summed E-state index contributed by atoms with van der Waals surface area (Å²) >= 11 is 0. The first-order valence-electron chi connectivity index (χ1n) is 10.3. The van der Waals surface area contributed by atoms with Gasteiger partial charge in [0.25, 0.3) is 0 Å². The van der Waals surface area contributed by atoms with Crippen LogP contribution in [0, 0.1) is 11.8 Å². The highest BCUT2D eigenvalue weighted by molar-refractivity contribution is 5.82. The highest BCUT2D eigenvalue weighted by Gasteiger charge is 2.36. The Bertz CT molecular complexity index is 864. The standard InChI is InChI=1S/C22H28N4O3/c1-25-14-11-23-20(25)19(15-5-7-18(29-2)8-6-15)24-21(27)16-9-12-26(13-10-16)22(28)17-3-4-17/h5-8,11,14,16-17,19H,3-4,9-10,12-13H2,1-2H3,(H,24,27)/t19-/m0/s1. The van der Waals surface area contributed by atoms with Gasteiger partial charge in [0.05, 0.1) is 7.11 Å². The van der Waals surface area contributed by atoms with Gasteiger partial charge >= 0.3 is 0 Å². The molecule has 0 spiro atoms. The molecule has 29 heavy (non-hydrogen) atoms. The monoisotopic (exact) mass is 396 g/mol. The number of piperidine rings is 1. The van der Waals surface area contributed by atoms with Gasteiger partial charge in [0, 0.05) is 44.4 Å². The highest BCUT2D eigenvalue weighted by Crippen LogP contribution is 2.32. The number of hydrogen-bond acceptors (Lipinski definition) is 4. The molecule has 1 saturated heterocycles. The molecule has 0 unspecified atom stereocenters. The predicted octanol–water partition coefficient (Wildman–Crippen LogP) is 2.28. The van der Waals surface area contributed by atoms with Crippen LogP contribution in [0.25, 0.3) is 0 Å². The Hall–Kier alpha value is -2.83. The second-order valence-corrected chi connectivity index (χ2v) is 7.98. The van der Waals surface area contributed by atoms with Gasteiger partial charge in [-0.3, -0.25) is 9.59 Å². The minimum atomic E-state index is -0.334. The van der Waals surface area contributed by atoms with E-state index < -0.39 is 0 Å². The van der Waals surface area contributed by atoms with E-state index in [0.29, 0.717) is 25.9 Å². The van der Waals surface area contributed by atoms with E-state index in [4.69, 9.17) is 4.74 Å². The molecule has 2 heterocycles. The summed E-state index contributed by atoms with van der Waals surface area (Å²) < 4.78 is 7.17. The number of benzene rings is 1. The van der Waals surface area contributed by atoms with E-state index in [1.807, 2.05) is 47.0 Å². The van der Waals surface area contributed by atoms with Crippen LogP contribution in [0.3, 0.4) is 0 Å². The number of rotatable bonds is 6. The summed E-state index contributed by atoms with van der Waals surface area (Å²) in [6.07, 6.45) is 7.07. The van der Waals surface area contributed by atoms with E-state index in [0.717, 1.165) is 30.0 Å². The lowest BCUT2D eigenvalue weighted by Gasteiger charge is -2.32. The molecule has 1 aromatic heterocycles. The van der Waals surface area contributed by atoms with Gasteiger partial charge < -0.3 is 19.5 Å². The molecular formula is C22H28N4O3. The maximum Gasteiger partial charge on any atom is 0.225 e. The van der Waals surface area contributed by atoms with Gasteiger partial charge in [0.1, 0.15) is 17.6 Å². The van der Waals surface area contributed by atoms with Gasteiger partial charge in [-0.2, -0.15) is 0 Å². The fourth-order valence-electron chi connectivity index (χ4n) is 3.96. The van der Waals surface area contributed by atoms with Crippen molar-refractivity contribution < 1.29 is 14.3 Å². The number of hydrogen-bond donors (Lipinski definition) is 1. The smallest absolute Gasteiger partial charge is 0.225 e. The average Bonchev–Trinajstić information content (AvgIpc) is 3.53. The van der Waals surface area contributed by atoms with Gasteiger partial charge in [0.15, 0.2) is 0 Å². The molecule has 1 aliphatic carbocycles. The van der Waals surface area contributed by atoms with Crippen LogP contribution in [0.2, 0.25) is 0 Å². The number of nitrogens with one attached hydrogen (secondary N) is 1. The van der Waals surface area contributed by atoms with Gasteiger partial charge in [-0.05, 0) is 43.4 Å². The third-order valence-electron chi connectivity index (χ3n) is 5.96. The molecule has 2 fully saturated rings. The van der Waals surface area contributed by atoms with Gasteiger partial charge in [-0.15, -0.1) is 0 Å². The molecule has 0 bridgehead atoms. The predicted molar refractivity (Wildman–Crippen MR) is 108 cm³/mol. The topological polar surface area (TPSA) is 76.5 Å². The van der Waals surface area contributed by atoms with Gasteiger partial charge in [-0.25, -0.2) is 4.98 Å². The van der Waals surface area contributed by atoms with Crippen LogP contribution in [0.5, 0.6) is 5.75 Å². The summed E-state index contributed by atoms with van der Waals surface area (Å²) in [7, 11) is 3.56. The molecule has 2 aromatic rings. The van der Waals surface area contributed by atoms with E-state index in [9.17, 15) is 9.59 Å². The Labute approximate surface area is 171 Å². The fraction of sp³-hybridized carbons (Fsp3) is 0.500. The number of nitrogens with zero attached hydrogens (tertiary/aromatic N) is 3. The van der Waals surface area contributed by atoms with E-state index in [-0.39, 0.29) is 29.7 Å². The molecule has 1 atom stereocenters. The van der Waals surface area contributed by atoms with E-state index >= 15 is 0 Å². The fourth-order valence-corrected chi connectivity index (χ4v) is 3.96. The van der Waals surface area contributed by atoms with Crippen LogP contribution in [0.1, 0.15) is 43.1 Å². The normalized spacial score (nSPS) is 18.3. The Morgan fingerprint density at radius 1 is 1.10 bits per heavy atom. The maximum atomic E-state index is 13.1. The molecule has 7 nitrogen and oxygen atoms in total. The Kier molecular flexibility index (Phi) is 5.56. The lowest BCUT2D eigenvalue weighted by atomic mass is 9.94. The zero-order chi connectivity index (χ0) is 20.4. The number of imidazole rings is 1. The van der Waals surface area contributed by atoms with Crippen molar-refractivity contribution in [3.05, 3.63) is 48.0 Å². The minimum Gasteiger partial charge on any atom is -0.497 e. The van der Waals surface area contributed by atoms with Crippen molar-refractivity contribution in [2.75, 3.05) is 20.2 Å². The van der Waals surface area contributed by atoms with Crippen molar-refractivity contribution >= 4 is 11.8 Å². The molecule has 2 amide bonds. The number of carbonyl (C=O) groups is 2. The number of aryl methyl sites for hydroxylation is 1. The number of likely N-dealkylation sites (tertiary alicyclic amines) is 1. The van der Waals surface area contributed by atoms with Crippen molar-refractivity contribution in [3.8, 4) is 5.75 Å². The van der Waals surface area contributed by atoms with Crippen LogP contribution in [-0.2, 0) is 16.6 Å². The number of carbonyl (C=O) groups excluding carboxylic acids is 2. The summed E-state index contributed by atoms with van der Waals surface area (Å²) in [5.41, 5.74) is 0.954. The molecule has 1 N–H and O–H groups in total. The Balaban J connectivity index is 1.45.